The SMILES string of the molecule is N#Cc1ccc(S(=O)(=O)Nc2ncc(Br)nc2Br)cc1. The Labute approximate surface area is 132 Å². The highest BCUT2D eigenvalue weighted by molar-refractivity contribution is 9.11. The molecule has 0 aliphatic heterocycles. The molecule has 0 aliphatic rings. The number of hydrogen-bond donors (Lipinski definition) is 1. The zero-order chi connectivity index (χ0) is 14.8. The molecule has 1 heterocycles. The average molecular weight is 418 g/mol. The molecule has 0 aliphatic carbocycles. The molecule has 9 heteroatoms. The highest BCUT2D eigenvalue weighted by Gasteiger charge is 2.17. The van der Waals surface area contributed by atoms with Crippen molar-refractivity contribution in [3.8, 4) is 6.07 Å². The summed E-state index contributed by atoms with van der Waals surface area (Å²) in [5, 5.41) is 8.68. The zero-order valence-corrected chi connectivity index (χ0v) is 13.7. The number of rotatable bonds is 3. The van der Waals surface area contributed by atoms with Crippen LogP contribution >= 0.6 is 31.9 Å². The number of nitriles is 1. The fourth-order valence-electron chi connectivity index (χ4n) is 1.31. The van der Waals surface area contributed by atoms with E-state index in [9.17, 15) is 8.42 Å². The Kier molecular flexibility index (Phi) is 4.37. The fraction of sp³-hybridized carbons (Fsp3) is 0. The van der Waals surface area contributed by atoms with Crippen LogP contribution in [0.1, 0.15) is 5.56 Å². The van der Waals surface area contributed by atoms with Gasteiger partial charge in [-0.2, -0.15) is 5.26 Å². The Morgan fingerprint density at radius 1 is 1.20 bits per heavy atom. The Hall–Kier alpha value is -1.50. The Bertz CT molecular complexity index is 785. The molecular formula is C11H6Br2N4O2S. The minimum Gasteiger partial charge on any atom is -0.261 e. The van der Waals surface area contributed by atoms with Crippen molar-refractivity contribution < 1.29 is 8.42 Å². The van der Waals surface area contributed by atoms with Crippen molar-refractivity contribution in [2.24, 2.45) is 0 Å². The van der Waals surface area contributed by atoms with Crippen LogP contribution in [0.2, 0.25) is 0 Å². The predicted molar refractivity (Wildman–Crippen MR) is 79.4 cm³/mol. The van der Waals surface area contributed by atoms with Gasteiger partial charge in [-0.1, -0.05) is 0 Å². The molecule has 0 amide bonds. The van der Waals surface area contributed by atoms with Gasteiger partial charge in [-0.05, 0) is 56.1 Å². The largest absolute Gasteiger partial charge is 0.263 e. The third-order valence-electron chi connectivity index (χ3n) is 2.23. The predicted octanol–water partition coefficient (Wildman–Crippen LogP) is 2.67. The maximum absolute atomic E-state index is 12.1. The number of hydrogen-bond acceptors (Lipinski definition) is 5. The van der Waals surface area contributed by atoms with Crippen molar-refractivity contribution in [1.82, 2.24) is 9.97 Å². The molecule has 20 heavy (non-hydrogen) atoms. The highest BCUT2D eigenvalue weighted by Crippen LogP contribution is 2.22. The first-order chi connectivity index (χ1) is 9.42. The normalized spacial score (nSPS) is 10.8. The summed E-state index contributed by atoms with van der Waals surface area (Å²) in [6.07, 6.45) is 1.38. The molecule has 6 nitrogen and oxygen atoms in total. The van der Waals surface area contributed by atoms with Crippen molar-refractivity contribution >= 4 is 47.7 Å². The zero-order valence-electron chi connectivity index (χ0n) is 9.71. The Morgan fingerprint density at radius 2 is 1.85 bits per heavy atom. The first-order valence-corrected chi connectivity index (χ1v) is 8.20. The number of aromatic nitrogens is 2. The van der Waals surface area contributed by atoms with Crippen molar-refractivity contribution in [1.29, 1.82) is 5.26 Å². The van der Waals surface area contributed by atoms with Crippen LogP contribution in [0.3, 0.4) is 0 Å². The summed E-state index contributed by atoms with van der Waals surface area (Å²) in [7, 11) is -3.78. The van der Waals surface area contributed by atoms with E-state index in [-0.39, 0.29) is 15.3 Å². The molecule has 0 unspecified atom stereocenters. The van der Waals surface area contributed by atoms with Gasteiger partial charge >= 0.3 is 0 Å². The lowest BCUT2D eigenvalue weighted by atomic mass is 10.2. The van der Waals surface area contributed by atoms with E-state index in [0.29, 0.717) is 10.2 Å². The third kappa shape index (κ3) is 3.33. The molecule has 0 radical (unpaired) electrons. The molecule has 0 atom stereocenters. The summed E-state index contributed by atoms with van der Waals surface area (Å²) in [4.78, 5) is 7.94. The van der Waals surface area contributed by atoms with Crippen LogP contribution < -0.4 is 4.72 Å². The van der Waals surface area contributed by atoms with E-state index in [1.807, 2.05) is 6.07 Å². The number of anilines is 1. The number of sulfonamides is 1. The number of benzene rings is 1. The van der Waals surface area contributed by atoms with Gasteiger partial charge in [0.05, 0.1) is 22.7 Å². The summed E-state index contributed by atoms with van der Waals surface area (Å²) in [6, 6.07) is 7.47. The van der Waals surface area contributed by atoms with Crippen molar-refractivity contribution in [3.05, 3.63) is 45.2 Å². The molecule has 0 saturated heterocycles. The quantitative estimate of drug-likeness (QED) is 0.827. The van der Waals surface area contributed by atoms with Crippen molar-refractivity contribution in [2.75, 3.05) is 4.72 Å². The van der Waals surface area contributed by atoms with E-state index >= 15 is 0 Å². The van der Waals surface area contributed by atoms with Gasteiger partial charge in [0.1, 0.15) is 4.60 Å². The lowest BCUT2D eigenvalue weighted by Crippen LogP contribution is -2.14. The average Bonchev–Trinajstić information content (AvgIpc) is 2.42. The fourth-order valence-corrected chi connectivity index (χ4v) is 3.37. The van der Waals surface area contributed by atoms with Gasteiger partial charge in [-0.15, -0.1) is 0 Å². The maximum Gasteiger partial charge on any atom is 0.263 e. The second kappa shape index (κ2) is 5.87. The minimum atomic E-state index is -3.78. The number of nitrogens with zero attached hydrogens (tertiary/aromatic N) is 3. The van der Waals surface area contributed by atoms with Crippen molar-refractivity contribution in [2.45, 2.75) is 4.90 Å². The van der Waals surface area contributed by atoms with E-state index in [4.69, 9.17) is 5.26 Å². The molecule has 0 fully saturated rings. The summed E-state index contributed by atoms with van der Waals surface area (Å²) in [5.74, 6) is 0.0811. The standard InChI is InChI=1S/C11H6Br2N4O2S/c12-9-6-15-11(10(13)16-9)17-20(18,19)8-3-1-7(5-14)2-4-8/h1-4,6H,(H,15,17). The van der Waals surface area contributed by atoms with Crippen LogP contribution in [0.25, 0.3) is 0 Å². The molecule has 102 valence electrons. The lowest BCUT2D eigenvalue weighted by Gasteiger charge is -2.08. The monoisotopic (exact) mass is 416 g/mol. The van der Waals surface area contributed by atoms with E-state index in [2.05, 4.69) is 46.5 Å². The van der Waals surface area contributed by atoms with Gasteiger partial charge in [0.15, 0.2) is 10.4 Å². The Balaban J connectivity index is 2.33. The summed E-state index contributed by atoms with van der Waals surface area (Å²) < 4.78 is 27.3. The van der Waals surface area contributed by atoms with E-state index in [0.717, 1.165) is 0 Å². The first kappa shape index (κ1) is 14.9. The summed E-state index contributed by atoms with van der Waals surface area (Å²) in [5.41, 5.74) is 0.383. The van der Waals surface area contributed by atoms with Gasteiger partial charge in [-0.25, -0.2) is 18.4 Å². The number of halogens is 2. The van der Waals surface area contributed by atoms with Crippen LogP contribution in [-0.2, 0) is 10.0 Å². The molecule has 0 spiro atoms. The first-order valence-electron chi connectivity index (χ1n) is 5.13. The molecule has 0 bridgehead atoms. The molecular weight excluding hydrogens is 412 g/mol. The van der Waals surface area contributed by atoms with E-state index < -0.39 is 10.0 Å². The molecule has 1 aromatic carbocycles. The highest BCUT2D eigenvalue weighted by atomic mass is 79.9. The molecule has 2 aromatic rings. The van der Waals surface area contributed by atoms with E-state index in [1.54, 1.807) is 0 Å². The van der Waals surface area contributed by atoms with E-state index in [1.165, 1.54) is 30.5 Å². The van der Waals surface area contributed by atoms with Crippen LogP contribution in [0.5, 0.6) is 0 Å². The van der Waals surface area contributed by atoms with Crippen LogP contribution in [-0.4, -0.2) is 18.4 Å². The van der Waals surface area contributed by atoms with Gasteiger partial charge in [0, 0.05) is 0 Å². The lowest BCUT2D eigenvalue weighted by molar-refractivity contribution is 0.601. The summed E-state index contributed by atoms with van der Waals surface area (Å²) >= 11 is 6.25. The smallest absolute Gasteiger partial charge is 0.261 e. The molecule has 0 saturated carbocycles. The maximum atomic E-state index is 12.1. The topological polar surface area (TPSA) is 95.7 Å². The number of nitrogens with one attached hydrogen (secondary N) is 1. The van der Waals surface area contributed by atoms with Gasteiger partial charge < -0.3 is 0 Å². The third-order valence-corrected chi connectivity index (χ3v) is 4.52. The molecule has 1 aromatic heterocycles. The summed E-state index contributed by atoms with van der Waals surface area (Å²) in [6.45, 7) is 0. The Morgan fingerprint density at radius 3 is 2.40 bits per heavy atom. The molecule has 1 N–H and O–H groups in total. The van der Waals surface area contributed by atoms with Crippen molar-refractivity contribution in [3.63, 3.8) is 0 Å². The van der Waals surface area contributed by atoms with Gasteiger partial charge in [-0.3, -0.25) is 4.72 Å². The van der Waals surface area contributed by atoms with Crippen LogP contribution in [0, 0.1) is 11.3 Å². The van der Waals surface area contributed by atoms with Crippen LogP contribution in [0.4, 0.5) is 5.82 Å². The van der Waals surface area contributed by atoms with Gasteiger partial charge in [0.2, 0.25) is 0 Å². The second-order valence-corrected chi connectivity index (χ2v) is 6.82. The second-order valence-electron chi connectivity index (χ2n) is 3.57. The van der Waals surface area contributed by atoms with Crippen LogP contribution in [0.15, 0.2) is 44.6 Å². The minimum absolute atomic E-state index is 0.0353. The van der Waals surface area contributed by atoms with Gasteiger partial charge in [0.25, 0.3) is 10.0 Å². The molecule has 2 rings (SSSR count).